The van der Waals surface area contributed by atoms with E-state index >= 15 is 0 Å². The Bertz CT molecular complexity index is 1270. The van der Waals surface area contributed by atoms with Gasteiger partial charge in [0.1, 0.15) is 6.33 Å². The lowest BCUT2D eigenvalue weighted by Gasteiger charge is -2.20. The van der Waals surface area contributed by atoms with E-state index in [0.717, 1.165) is 64.3 Å². The number of fused-ring (bicyclic) bond motifs is 1. The van der Waals surface area contributed by atoms with Gasteiger partial charge in [-0.2, -0.15) is 5.26 Å². The molecule has 0 spiro atoms. The molecule has 0 radical (unpaired) electrons. The minimum absolute atomic E-state index is 0.0540. The lowest BCUT2D eigenvalue weighted by Crippen LogP contribution is -2.46. The molecule has 2 aliphatic heterocycles. The molecule has 32 heavy (non-hydrogen) atoms. The molecule has 1 aromatic heterocycles. The molecule has 160 valence electrons. The predicted octanol–water partition coefficient (Wildman–Crippen LogP) is 4.06. The molecule has 2 aliphatic rings. The van der Waals surface area contributed by atoms with Gasteiger partial charge in [-0.05, 0) is 49.6 Å². The average Bonchev–Trinajstić information content (AvgIpc) is 3.50. The van der Waals surface area contributed by atoms with Crippen LogP contribution in [0.2, 0.25) is 0 Å². The summed E-state index contributed by atoms with van der Waals surface area (Å²) in [6.45, 7) is 3.56. The number of aromatic nitrogens is 2. The molecule has 2 amide bonds. The maximum atomic E-state index is 12.7. The normalized spacial score (nSPS) is 18.0. The summed E-state index contributed by atoms with van der Waals surface area (Å²) in [5, 5.41) is 16.9. The molecule has 0 aliphatic carbocycles. The van der Waals surface area contributed by atoms with E-state index in [-0.39, 0.29) is 11.5 Å². The highest BCUT2D eigenvalue weighted by molar-refractivity contribution is 8.09. The lowest BCUT2D eigenvalue weighted by atomic mass is 10.0. The lowest BCUT2D eigenvalue weighted by molar-refractivity contribution is 0.207. The van der Waals surface area contributed by atoms with Gasteiger partial charge in [-0.3, -0.25) is 0 Å². The smallest absolute Gasteiger partial charge is 0.319 e. The molecule has 1 atom stereocenters. The van der Waals surface area contributed by atoms with Crippen molar-refractivity contribution in [2.45, 2.75) is 25.3 Å². The number of benzene rings is 2. The number of thioether (sulfide) groups is 1. The third-order valence-electron chi connectivity index (χ3n) is 5.76. The van der Waals surface area contributed by atoms with Gasteiger partial charge in [0.2, 0.25) is 0 Å². The highest BCUT2D eigenvalue weighted by Gasteiger charge is 2.29. The Hall–Kier alpha value is -3.57. The maximum absolute atomic E-state index is 12.7. The van der Waals surface area contributed by atoms with Crippen molar-refractivity contribution in [3.05, 3.63) is 71.2 Å². The van der Waals surface area contributed by atoms with Crippen molar-refractivity contribution in [2.24, 2.45) is 0 Å². The molecule has 1 unspecified atom stereocenters. The van der Waals surface area contributed by atoms with Gasteiger partial charge in [0, 0.05) is 34.6 Å². The highest BCUT2D eigenvalue weighted by Crippen LogP contribution is 2.42. The molecular weight excluding hydrogens is 420 g/mol. The summed E-state index contributed by atoms with van der Waals surface area (Å²) in [5.74, 6) is 0. The number of carbonyl (C=O) groups is 1. The fourth-order valence-electron chi connectivity index (χ4n) is 4.09. The molecule has 1 fully saturated rings. The summed E-state index contributed by atoms with van der Waals surface area (Å²) in [7, 11) is 0. The molecule has 3 heterocycles. The van der Waals surface area contributed by atoms with E-state index in [1.54, 1.807) is 24.2 Å². The number of nitriles is 1. The zero-order valence-corrected chi connectivity index (χ0v) is 18.4. The minimum atomic E-state index is -0.303. The van der Waals surface area contributed by atoms with Crippen molar-refractivity contribution in [1.29, 1.82) is 5.26 Å². The average molecular weight is 443 g/mol. The first-order chi connectivity index (χ1) is 15.6. The van der Waals surface area contributed by atoms with Gasteiger partial charge in [-0.1, -0.05) is 30.0 Å². The summed E-state index contributed by atoms with van der Waals surface area (Å²) in [4.78, 5) is 24.2. The van der Waals surface area contributed by atoms with E-state index < -0.39 is 0 Å². The standard InChI is InChI=1S/C24H22N6OS/c1-15-19-12-18(7-8-20(19)27-14-26-15)22-21(17-6-4-5-16(11-17)13-25)28-23(32-22)29-24(31)30-9-2-3-10-30/h4-8,11-12,14,23,28H,2-3,9-10H2,1H3,(H,29,31). The van der Waals surface area contributed by atoms with Crippen molar-refractivity contribution in [1.82, 2.24) is 25.5 Å². The van der Waals surface area contributed by atoms with Crippen LogP contribution in [0, 0.1) is 18.3 Å². The Morgan fingerprint density at radius 1 is 1.19 bits per heavy atom. The molecule has 0 saturated carbocycles. The van der Waals surface area contributed by atoms with Crippen LogP contribution in [0.5, 0.6) is 0 Å². The molecule has 7 nitrogen and oxygen atoms in total. The summed E-state index contributed by atoms with van der Waals surface area (Å²) in [6.07, 6.45) is 3.67. The van der Waals surface area contributed by atoms with Crippen molar-refractivity contribution in [3.63, 3.8) is 0 Å². The first-order valence-corrected chi connectivity index (χ1v) is 11.5. The Morgan fingerprint density at radius 2 is 2.03 bits per heavy atom. The number of carbonyl (C=O) groups excluding carboxylic acids is 1. The third kappa shape index (κ3) is 3.87. The SMILES string of the molecule is Cc1ncnc2ccc(C3=C(c4cccc(C#N)c4)NC(NC(=O)N4CCCC4)S3)cc12. The Labute approximate surface area is 190 Å². The number of hydrogen-bond donors (Lipinski definition) is 2. The number of nitrogens with zero attached hydrogens (tertiary/aromatic N) is 4. The molecule has 2 N–H and O–H groups in total. The molecule has 1 saturated heterocycles. The molecule has 8 heteroatoms. The highest BCUT2D eigenvalue weighted by atomic mass is 32.2. The number of nitrogens with one attached hydrogen (secondary N) is 2. The number of aryl methyl sites for hydroxylation is 1. The van der Waals surface area contributed by atoms with Crippen LogP contribution < -0.4 is 10.6 Å². The van der Waals surface area contributed by atoms with Crippen molar-refractivity contribution < 1.29 is 4.79 Å². The van der Waals surface area contributed by atoms with Gasteiger partial charge in [0.15, 0.2) is 5.50 Å². The van der Waals surface area contributed by atoms with Gasteiger partial charge in [-0.15, -0.1) is 0 Å². The Balaban J connectivity index is 1.52. The zero-order valence-electron chi connectivity index (χ0n) is 17.6. The second-order valence-corrected chi connectivity index (χ2v) is 8.99. The summed E-state index contributed by atoms with van der Waals surface area (Å²) < 4.78 is 0. The first kappa shape index (κ1) is 20.3. The number of likely N-dealkylation sites (tertiary alicyclic amines) is 1. The van der Waals surface area contributed by atoms with Crippen LogP contribution in [-0.2, 0) is 0 Å². The Kier molecular flexibility index (Phi) is 5.41. The summed E-state index contributed by atoms with van der Waals surface area (Å²) in [6, 6.07) is 15.8. The van der Waals surface area contributed by atoms with E-state index in [1.807, 2.05) is 42.2 Å². The van der Waals surface area contributed by atoms with Crippen LogP contribution in [0.3, 0.4) is 0 Å². The maximum Gasteiger partial charge on any atom is 0.319 e. The van der Waals surface area contributed by atoms with Crippen LogP contribution in [0.15, 0.2) is 48.8 Å². The summed E-state index contributed by atoms with van der Waals surface area (Å²) in [5.41, 5.74) is 4.92. The summed E-state index contributed by atoms with van der Waals surface area (Å²) >= 11 is 1.57. The van der Waals surface area contributed by atoms with E-state index in [2.05, 4.69) is 32.7 Å². The molecule has 0 bridgehead atoms. The van der Waals surface area contributed by atoms with Gasteiger partial charge in [0.25, 0.3) is 0 Å². The van der Waals surface area contributed by atoms with Gasteiger partial charge >= 0.3 is 6.03 Å². The number of urea groups is 1. The van der Waals surface area contributed by atoms with Crippen LogP contribution in [-0.4, -0.2) is 39.5 Å². The quantitative estimate of drug-likeness (QED) is 0.635. The molecule has 3 aromatic rings. The molecule has 5 rings (SSSR count). The van der Waals surface area contributed by atoms with Crippen LogP contribution in [0.25, 0.3) is 21.5 Å². The number of hydrogen-bond acceptors (Lipinski definition) is 6. The van der Waals surface area contributed by atoms with Crippen LogP contribution in [0.4, 0.5) is 4.79 Å². The molecule has 2 aromatic carbocycles. The van der Waals surface area contributed by atoms with Crippen molar-refractivity contribution >= 4 is 39.3 Å². The number of rotatable bonds is 3. The van der Waals surface area contributed by atoms with Gasteiger partial charge in [-0.25, -0.2) is 14.8 Å². The van der Waals surface area contributed by atoms with E-state index in [4.69, 9.17) is 0 Å². The van der Waals surface area contributed by atoms with Gasteiger partial charge < -0.3 is 15.5 Å². The van der Waals surface area contributed by atoms with E-state index in [0.29, 0.717) is 5.56 Å². The van der Waals surface area contributed by atoms with Crippen LogP contribution in [0.1, 0.15) is 35.2 Å². The van der Waals surface area contributed by atoms with Crippen LogP contribution >= 0.6 is 11.8 Å². The monoisotopic (exact) mass is 442 g/mol. The van der Waals surface area contributed by atoms with E-state index in [9.17, 15) is 10.1 Å². The second-order valence-electron chi connectivity index (χ2n) is 7.87. The van der Waals surface area contributed by atoms with Gasteiger partial charge in [0.05, 0.1) is 22.8 Å². The first-order valence-electron chi connectivity index (χ1n) is 10.6. The second kappa shape index (κ2) is 8.52. The van der Waals surface area contributed by atoms with E-state index in [1.165, 1.54) is 0 Å². The topological polar surface area (TPSA) is 93.9 Å². The van der Waals surface area contributed by atoms with Crippen molar-refractivity contribution in [2.75, 3.05) is 13.1 Å². The zero-order chi connectivity index (χ0) is 22.1. The third-order valence-corrected chi connectivity index (χ3v) is 6.91. The predicted molar refractivity (Wildman–Crippen MR) is 126 cm³/mol. The number of amides is 2. The largest absolute Gasteiger partial charge is 0.355 e. The van der Waals surface area contributed by atoms with Crippen molar-refractivity contribution in [3.8, 4) is 6.07 Å². The fraction of sp³-hybridized carbons (Fsp3) is 0.250. The minimum Gasteiger partial charge on any atom is -0.355 e. The molecular formula is C24H22N6OS. The fourth-order valence-corrected chi connectivity index (χ4v) is 5.22. The Morgan fingerprint density at radius 3 is 2.84 bits per heavy atom.